The number of hydrogen-bond acceptors (Lipinski definition) is 2. The van der Waals surface area contributed by atoms with Crippen LogP contribution in [-0.2, 0) is 0 Å². The summed E-state index contributed by atoms with van der Waals surface area (Å²) in [5.41, 5.74) is 5.33. The van der Waals surface area contributed by atoms with Gasteiger partial charge in [-0.25, -0.2) is 0 Å². The number of fused-ring (bicyclic) bond motifs is 2. The molecule has 0 bridgehead atoms. The summed E-state index contributed by atoms with van der Waals surface area (Å²) in [4.78, 5) is 12.4. The number of carbonyl (C=O) groups is 1. The minimum absolute atomic E-state index is 0.0829. The van der Waals surface area contributed by atoms with E-state index in [4.69, 9.17) is 0 Å². The Hall–Kier alpha value is -3.13. The largest absolute Gasteiger partial charge is 0.507 e. The number of phenolic OH excluding ortho intramolecular Hbond substituents is 1. The zero-order valence-corrected chi connectivity index (χ0v) is 14.2. The topological polar surface area (TPSA) is 37.3 Å². The Morgan fingerprint density at radius 3 is 2.28 bits per heavy atom. The maximum Gasteiger partial charge on any atom is 0.189 e. The van der Waals surface area contributed by atoms with Crippen LogP contribution in [0.1, 0.15) is 34.0 Å². The third-order valence-electron chi connectivity index (χ3n) is 4.76. The number of aryl methyl sites for hydroxylation is 1. The van der Waals surface area contributed by atoms with Gasteiger partial charge in [0.1, 0.15) is 5.75 Å². The molecule has 2 nitrogen and oxygen atoms in total. The number of phenols is 1. The average molecular weight is 326 g/mol. The molecule has 25 heavy (non-hydrogen) atoms. The molecule has 0 heterocycles. The number of allylic oxidation sites excluding steroid dienone is 3. The summed E-state index contributed by atoms with van der Waals surface area (Å²) in [7, 11) is 0. The highest BCUT2D eigenvalue weighted by molar-refractivity contribution is 6.17. The van der Waals surface area contributed by atoms with Crippen LogP contribution in [0.3, 0.4) is 0 Å². The van der Waals surface area contributed by atoms with Gasteiger partial charge in [0, 0.05) is 10.9 Å². The van der Waals surface area contributed by atoms with Crippen molar-refractivity contribution in [3.63, 3.8) is 0 Å². The molecular formula is C23H18O2. The van der Waals surface area contributed by atoms with Crippen molar-refractivity contribution < 1.29 is 9.90 Å². The average Bonchev–Trinajstić information content (AvgIpc) is 2.64. The Morgan fingerprint density at radius 1 is 0.880 bits per heavy atom. The molecule has 1 N–H and O–H groups in total. The molecular weight excluding hydrogens is 308 g/mol. The van der Waals surface area contributed by atoms with E-state index in [1.54, 1.807) is 0 Å². The van der Waals surface area contributed by atoms with E-state index in [9.17, 15) is 9.90 Å². The van der Waals surface area contributed by atoms with Crippen LogP contribution in [0.4, 0.5) is 0 Å². The fourth-order valence-electron chi connectivity index (χ4n) is 3.46. The highest BCUT2D eigenvalue weighted by Crippen LogP contribution is 2.35. The van der Waals surface area contributed by atoms with Crippen molar-refractivity contribution in [1.29, 1.82) is 0 Å². The second-order valence-corrected chi connectivity index (χ2v) is 6.48. The first-order valence-corrected chi connectivity index (χ1v) is 8.31. The summed E-state index contributed by atoms with van der Waals surface area (Å²) in [6.07, 6.45) is 4.05. The predicted octanol–water partition coefficient (Wildman–Crippen LogP) is 5.54. The van der Waals surface area contributed by atoms with Crippen LogP contribution in [0.5, 0.6) is 5.75 Å². The van der Waals surface area contributed by atoms with Gasteiger partial charge in [-0.1, -0.05) is 48.5 Å². The minimum Gasteiger partial charge on any atom is -0.507 e. The first-order valence-electron chi connectivity index (χ1n) is 8.31. The lowest BCUT2D eigenvalue weighted by Gasteiger charge is -2.17. The van der Waals surface area contributed by atoms with Crippen molar-refractivity contribution in [3.05, 3.63) is 88.5 Å². The van der Waals surface area contributed by atoms with E-state index in [0.717, 1.165) is 44.2 Å². The molecule has 0 saturated heterocycles. The van der Waals surface area contributed by atoms with Gasteiger partial charge in [0.15, 0.2) is 5.78 Å². The normalized spacial score (nSPS) is 15.4. The lowest BCUT2D eigenvalue weighted by molar-refractivity contribution is 0.103. The van der Waals surface area contributed by atoms with Crippen LogP contribution >= 0.6 is 0 Å². The van der Waals surface area contributed by atoms with Gasteiger partial charge in [0.05, 0.1) is 0 Å². The van der Waals surface area contributed by atoms with Gasteiger partial charge < -0.3 is 5.11 Å². The molecule has 0 unspecified atom stereocenters. The number of rotatable bonds is 1. The smallest absolute Gasteiger partial charge is 0.189 e. The van der Waals surface area contributed by atoms with Crippen LogP contribution in [0.2, 0.25) is 0 Å². The SMILES string of the molecule is CC1=C/C(=C/c2cc(C)c(O)c3ccccc23)c2ccccc2C1=O. The van der Waals surface area contributed by atoms with E-state index in [0.29, 0.717) is 5.75 Å². The monoisotopic (exact) mass is 326 g/mol. The van der Waals surface area contributed by atoms with Crippen molar-refractivity contribution in [2.45, 2.75) is 13.8 Å². The summed E-state index contributed by atoms with van der Waals surface area (Å²) in [5, 5.41) is 12.2. The molecule has 2 heteroatoms. The Labute approximate surface area is 146 Å². The molecule has 122 valence electrons. The van der Waals surface area contributed by atoms with Crippen molar-refractivity contribution in [2.75, 3.05) is 0 Å². The van der Waals surface area contributed by atoms with Crippen LogP contribution in [0.25, 0.3) is 22.4 Å². The highest BCUT2D eigenvalue weighted by Gasteiger charge is 2.20. The van der Waals surface area contributed by atoms with Gasteiger partial charge >= 0.3 is 0 Å². The molecule has 0 aromatic heterocycles. The van der Waals surface area contributed by atoms with Crippen LogP contribution in [0, 0.1) is 6.92 Å². The predicted molar refractivity (Wildman–Crippen MR) is 103 cm³/mol. The molecule has 0 saturated carbocycles. The third-order valence-corrected chi connectivity index (χ3v) is 4.76. The van der Waals surface area contributed by atoms with E-state index < -0.39 is 0 Å². The van der Waals surface area contributed by atoms with Crippen LogP contribution in [-0.4, -0.2) is 10.9 Å². The number of hydrogen-bond donors (Lipinski definition) is 1. The van der Waals surface area contributed by atoms with Gasteiger partial charge in [0.2, 0.25) is 0 Å². The van der Waals surface area contributed by atoms with Gasteiger partial charge in [-0.05, 0) is 65.3 Å². The van der Waals surface area contributed by atoms with Crippen molar-refractivity contribution in [3.8, 4) is 5.75 Å². The van der Waals surface area contributed by atoms with Gasteiger partial charge in [-0.3, -0.25) is 4.79 Å². The Morgan fingerprint density at radius 2 is 1.52 bits per heavy atom. The summed E-state index contributed by atoms with van der Waals surface area (Å²) < 4.78 is 0. The number of carbonyl (C=O) groups excluding carboxylic acids is 1. The van der Waals surface area contributed by atoms with Crippen molar-refractivity contribution in [2.24, 2.45) is 0 Å². The van der Waals surface area contributed by atoms with Crippen molar-refractivity contribution in [1.82, 2.24) is 0 Å². The lowest BCUT2D eigenvalue weighted by Crippen LogP contribution is -2.09. The highest BCUT2D eigenvalue weighted by atomic mass is 16.3. The summed E-state index contributed by atoms with van der Waals surface area (Å²) in [5.74, 6) is 0.406. The minimum atomic E-state index is 0.0829. The fourth-order valence-corrected chi connectivity index (χ4v) is 3.46. The summed E-state index contributed by atoms with van der Waals surface area (Å²) in [6.45, 7) is 3.76. The standard InChI is InChI=1S/C23H18O2/c1-14-11-16(18-7-3-5-9-20(18)22(14)24)13-17-12-15(2)23(25)21-10-6-4-8-19(17)21/h3-13,24H,1-2H3/b17-13-. The molecule has 0 aliphatic heterocycles. The second kappa shape index (κ2) is 5.75. The summed E-state index contributed by atoms with van der Waals surface area (Å²) >= 11 is 0. The molecule has 0 atom stereocenters. The lowest BCUT2D eigenvalue weighted by atomic mass is 9.86. The number of ketones is 1. The Bertz CT molecular complexity index is 1080. The molecule has 0 amide bonds. The second-order valence-electron chi connectivity index (χ2n) is 6.48. The Balaban J connectivity index is 2.00. The summed E-state index contributed by atoms with van der Waals surface area (Å²) in [6, 6.07) is 17.5. The number of benzene rings is 3. The number of aromatic hydroxyl groups is 1. The first kappa shape index (κ1) is 15.4. The Kier molecular flexibility index (Phi) is 3.54. The maximum atomic E-state index is 12.4. The van der Waals surface area contributed by atoms with E-state index in [2.05, 4.69) is 6.08 Å². The van der Waals surface area contributed by atoms with E-state index >= 15 is 0 Å². The van der Waals surface area contributed by atoms with Crippen LogP contribution in [0.15, 0.2) is 66.2 Å². The fraction of sp³-hybridized carbons (Fsp3) is 0.0870. The zero-order chi connectivity index (χ0) is 17.6. The maximum absolute atomic E-state index is 12.4. The molecule has 3 aromatic rings. The quantitative estimate of drug-likeness (QED) is 0.638. The molecule has 4 rings (SSSR count). The third kappa shape index (κ3) is 2.47. The molecule has 0 fully saturated rings. The zero-order valence-electron chi connectivity index (χ0n) is 14.2. The van der Waals surface area contributed by atoms with Gasteiger partial charge in [-0.15, -0.1) is 0 Å². The molecule has 3 aromatic carbocycles. The van der Waals surface area contributed by atoms with Crippen molar-refractivity contribution >= 4 is 28.2 Å². The first-order chi connectivity index (χ1) is 12.1. The number of Topliss-reactive ketones (excluding diaryl/α,β-unsaturated/α-hetero) is 1. The van der Waals surface area contributed by atoms with Crippen LogP contribution < -0.4 is 0 Å². The molecule has 1 aliphatic carbocycles. The molecule has 1 aliphatic rings. The van der Waals surface area contributed by atoms with E-state index in [-0.39, 0.29) is 5.78 Å². The molecule has 0 spiro atoms. The van der Waals surface area contributed by atoms with E-state index in [1.807, 2.05) is 74.5 Å². The van der Waals surface area contributed by atoms with Gasteiger partial charge in [-0.2, -0.15) is 0 Å². The molecule has 0 radical (unpaired) electrons. The van der Waals surface area contributed by atoms with E-state index in [1.165, 1.54) is 0 Å². The van der Waals surface area contributed by atoms with Gasteiger partial charge in [0.25, 0.3) is 0 Å².